The Morgan fingerprint density at radius 2 is 1.62 bits per heavy atom. The highest BCUT2D eigenvalue weighted by molar-refractivity contribution is 6.01. The molecular formula is C28H23N3O3. The molecule has 168 valence electrons. The van der Waals surface area contributed by atoms with Gasteiger partial charge in [0.05, 0.1) is 11.9 Å². The maximum absolute atomic E-state index is 13.7. The van der Waals surface area contributed by atoms with E-state index in [-0.39, 0.29) is 11.8 Å². The molecule has 3 aromatic carbocycles. The Hall–Kier alpha value is -4.45. The van der Waals surface area contributed by atoms with Crippen molar-refractivity contribution >= 4 is 17.5 Å². The molecule has 0 saturated carbocycles. The first kappa shape index (κ1) is 21.4. The van der Waals surface area contributed by atoms with Gasteiger partial charge in [-0.15, -0.1) is 0 Å². The normalized spacial score (nSPS) is 14.7. The van der Waals surface area contributed by atoms with Crippen molar-refractivity contribution in [2.45, 2.75) is 19.0 Å². The number of pyridine rings is 1. The summed E-state index contributed by atoms with van der Waals surface area (Å²) in [5.41, 5.74) is 3.17. The fraction of sp³-hybridized carbons (Fsp3) is 0.107. The van der Waals surface area contributed by atoms with E-state index < -0.39 is 6.04 Å². The number of ether oxygens (including phenoxy) is 1. The van der Waals surface area contributed by atoms with Gasteiger partial charge < -0.3 is 15.0 Å². The number of aromatic nitrogens is 1. The highest BCUT2D eigenvalue weighted by atomic mass is 16.5. The SMILES string of the molecule is O=C(Nc1cccnc1)[C@H]1Cc2ccccc2CN1C(=O)c1cccc(Oc2ccccc2)c1. The molecule has 0 aliphatic carbocycles. The molecule has 2 amide bonds. The molecule has 0 fully saturated rings. The molecule has 1 aromatic heterocycles. The number of hydrogen-bond acceptors (Lipinski definition) is 4. The second-order valence-electron chi connectivity index (χ2n) is 8.10. The first-order valence-corrected chi connectivity index (χ1v) is 11.1. The third-order valence-corrected chi connectivity index (χ3v) is 5.80. The average Bonchev–Trinajstić information content (AvgIpc) is 2.89. The van der Waals surface area contributed by atoms with Crippen molar-refractivity contribution in [3.63, 3.8) is 0 Å². The molecule has 0 spiro atoms. The van der Waals surface area contributed by atoms with E-state index in [0.29, 0.717) is 35.7 Å². The van der Waals surface area contributed by atoms with Crippen LogP contribution in [0.15, 0.2) is 103 Å². The molecule has 1 aliphatic rings. The second-order valence-corrected chi connectivity index (χ2v) is 8.10. The first-order valence-electron chi connectivity index (χ1n) is 11.1. The summed E-state index contributed by atoms with van der Waals surface area (Å²) in [4.78, 5) is 32.6. The van der Waals surface area contributed by atoms with Crippen molar-refractivity contribution < 1.29 is 14.3 Å². The topological polar surface area (TPSA) is 71.5 Å². The maximum Gasteiger partial charge on any atom is 0.254 e. The predicted molar refractivity (Wildman–Crippen MR) is 130 cm³/mol. The van der Waals surface area contributed by atoms with Crippen LogP contribution in [-0.4, -0.2) is 27.7 Å². The van der Waals surface area contributed by atoms with Gasteiger partial charge in [-0.2, -0.15) is 0 Å². The summed E-state index contributed by atoms with van der Waals surface area (Å²) in [6.45, 7) is 0.351. The van der Waals surface area contributed by atoms with E-state index in [1.807, 2.05) is 60.7 Å². The number of benzene rings is 3. The number of carbonyl (C=O) groups is 2. The van der Waals surface area contributed by atoms with Gasteiger partial charge in [0.2, 0.25) is 5.91 Å². The van der Waals surface area contributed by atoms with Crippen LogP contribution in [0.3, 0.4) is 0 Å². The molecule has 1 N–H and O–H groups in total. The van der Waals surface area contributed by atoms with Crippen LogP contribution in [-0.2, 0) is 17.8 Å². The smallest absolute Gasteiger partial charge is 0.254 e. The minimum absolute atomic E-state index is 0.223. The number of rotatable bonds is 5. The summed E-state index contributed by atoms with van der Waals surface area (Å²) in [6, 6.07) is 27.3. The van der Waals surface area contributed by atoms with Crippen molar-refractivity contribution in [3.05, 3.63) is 120 Å². The largest absolute Gasteiger partial charge is 0.457 e. The van der Waals surface area contributed by atoms with Gasteiger partial charge in [-0.1, -0.05) is 48.5 Å². The van der Waals surface area contributed by atoms with Gasteiger partial charge in [-0.05, 0) is 53.6 Å². The third-order valence-electron chi connectivity index (χ3n) is 5.80. The molecule has 2 heterocycles. The molecule has 0 saturated heterocycles. The Morgan fingerprint density at radius 3 is 2.41 bits per heavy atom. The van der Waals surface area contributed by atoms with Crippen LogP contribution in [0.2, 0.25) is 0 Å². The molecule has 0 unspecified atom stereocenters. The zero-order chi connectivity index (χ0) is 23.3. The number of para-hydroxylation sites is 1. The minimum Gasteiger partial charge on any atom is -0.457 e. The van der Waals surface area contributed by atoms with Crippen molar-refractivity contribution in [2.24, 2.45) is 0 Å². The van der Waals surface area contributed by atoms with E-state index in [0.717, 1.165) is 11.1 Å². The quantitative estimate of drug-likeness (QED) is 0.461. The van der Waals surface area contributed by atoms with E-state index in [1.54, 1.807) is 47.6 Å². The van der Waals surface area contributed by atoms with Crippen LogP contribution in [0.5, 0.6) is 11.5 Å². The Labute approximate surface area is 197 Å². The Balaban J connectivity index is 1.43. The van der Waals surface area contributed by atoms with Crippen molar-refractivity contribution in [3.8, 4) is 11.5 Å². The van der Waals surface area contributed by atoms with E-state index in [9.17, 15) is 9.59 Å². The van der Waals surface area contributed by atoms with Crippen molar-refractivity contribution in [1.82, 2.24) is 9.88 Å². The summed E-state index contributed by atoms with van der Waals surface area (Å²) in [5.74, 6) is 0.783. The lowest BCUT2D eigenvalue weighted by atomic mass is 9.92. The molecule has 0 bridgehead atoms. The summed E-state index contributed by atoms with van der Waals surface area (Å²) >= 11 is 0. The summed E-state index contributed by atoms with van der Waals surface area (Å²) < 4.78 is 5.91. The number of fused-ring (bicyclic) bond motifs is 1. The highest BCUT2D eigenvalue weighted by Gasteiger charge is 2.35. The molecule has 1 aliphatic heterocycles. The van der Waals surface area contributed by atoms with Gasteiger partial charge in [-0.3, -0.25) is 14.6 Å². The van der Waals surface area contributed by atoms with Gasteiger partial charge in [0.1, 0.15) is 17.5 Å². The van der Waals surface area contributed by atoms with E-state index >= 15 is 0 Å². The summed E-state index contributed by atoms with van der Waals surface area (Å²) in [7, 11) is 0. The summed E-state index contributed by atoms with van der Waals surface area (Å²) in [5, 5.41) is 2.90. The fourth-order valence-electron chi connectivity index (χ4n) is 4.12. The van der Waals surface area contributed by atoms with Crippen molar-refractivity contribution in [1.29, 1.82) is 0 Å². The molecule has 34 heavy (non-hydrogen) atoms. The van der Waals surface area contributed by atoms with Crippen LogP contribution in [0.25, 0.3) is 0 Å². The van der Waals surface area contributed by atoms with Gasteiger partial charge in [0.15, 0.2) is 0 Å². The van der Waals surface area contributed by atoms with Crippen LogP contribution in [0.1, 0.15) is 21.5 Å². The van der Waals surface area contributed by atoms with Gasteiger partial charge in [0, 0.05) is 24.7 Å². The van der Waals surface area contributed by atoms with E-state index in [4.69, 9.17) is 4.74 Å². The van der Waals surface area contributed by atoms with Crippen LogP contribution >= 0.6 is 0 Å². The van der Waals surface area contributed by atoms with Gasteiger partial charge in [-0.25, -0.2) is 0 Å². The van der Waals surface area contributed by atoms with Gasteiger partial charge in [0.25, 0.3) is 5.91 Å². The highest BCUT2D eigenvalue weighted by Crippen LogP contribution is 2.28. The second kappa shape index (κ2) is 9.58. The molecule has 5 rings (SSSR count). The lowest BCUT2D eigenvalue weighted by Crippen LogP contribution is -2.50. The van der Waals surface area contributed by atoms with E-state index in [2.05, 4.69) is 10.3 Å². The molecule has 6 heteroatoms. The minimum atomic E-state index is -0.652. The fourth-order valence-corrected chi connectivity index (χ4v) is 4.12. The zero-order valence-corrected chi connectivity index (χ0v) is 18.4. The Kier molecular flexibility index (Phi) is 6.03. The number of carbonyl (C=O) groups excluding carboxylic acids is 2. The Morgan fingerprint density at radius 1 is 0.853 bits per heavy atom. The number of nitrogens with zero attached hydrogens (tertiary/aromatic N) is 2. The van der Waals surface area contributed by atoms with Crippen LogP contribution < -0.4 is 10.1 Å². The zero-order valence-electron chi connectivity index (χ0n) is 18.4. The predicted octanol–water partition coefficient (Wildman–Crippen LogP) is 5.08. The number of nitrogens with one attached hydrogen (secondary N) is 1. The lowest BCUT2D eigenvalue weighted by molar-refractivity contribution is -0.121. The van der Waals surface area contributed by atoms with Crippen molar-refractivity contribution in [2.75, 3.05) is 5.32 Å². The molecular weight excluding hydrogens is 426 g/mol. The lowest BCUT2D eigenvalue weighted by Gasteiger charge is -2.36. The monoisotopic (exact) mass is 449 g/mol. The molecule has 4 aromatic rings. The number of anilines is 1. The molecule has 0 radical (unpaired) electrons. The first-order chi connectivity index (χ1) is 16.7. The van der Waals surface area contributed by atoms with Crippen LogP contribution in [0, 0.1) is 0 Å². The molecule has 6 nitrogen and oxygen atoms in total. The standard InChI is InChI=1S/C28H23N3O3/c32-27(30-23-11-7-15-29-18-23)26-17-20-8-4-5-9-22(20)19-31(26)28(33)21-10-6-14-25(16-21)34-24-12-2-1-3-13-24/h1-16,18,26H,17,19H2,(H,30,32)/t26-/m1/s1. The Bertz CT molecular complexity index is 1310. The average molecular weight is 450 g/mol. The number of hydrogen-bond donors (Lipinski definition) is 1. The molecule has 1 atom stereocenters. The maximum atomic E-state index is 13.7. The third kappa shape index (κ3) is 4.66. The van der Waals surface area contributed by atoms with Crippen LogP contribution in [0.4, 0.5) is 5.69 Å². The number of amides is 2. The van der Waals surface area contributed by atoms with Gasteiger partial charge >= 0.3 is 0 Å². The summed E-state index contributed by atoms with van der Waals surface area (Å²) in [6.07, 6.45) is 3.67. The van der Waals surface area contributed by atoms with E-state index in [1.165, 1.54) is 0 Å².